The standard InChI is InChI=1S/C22H43NO12/c1-2-3-4-5-6-7-8-9-14(28)23-21(33)20-17(31)16(30)18(32)22(35-20)34-19(13(27)11-25)15(29)12(26)10-24/h12-13,15-22,24-27,29-33H,2-11H2,1H3,(H,23,28)/t12-,13+,15+,16-,17+,18+,19+,20-,21?,22+/m0/s1. The molecule has 1 aliphatic rings. The molecule has 0 aliphatic carbocycles. The zero-order valence-electron chi connectivity index (χ0n) is 20.1. The van der Waals surface area contributed by atoms with Crippen LogP contribution in [0.2, 0.25) is 0 Å². The molecule has 1 saturated heterocycles. The Morgan fingerprint density at radius 3 is 2.00 bits per heavy atom. The smallest absolute Gasteiger partial charge is 0.222 e. The fraction of sp³-hybridized carbons (Fsp3) is 0.955. The first-order valence-electron chi connectivity index (χ1n) is 12.2. The van der Waals surface area contributed by atoms with Crippen LogP contribution in [0.4, 0.5) is 0 Å². The number of hydrogen-bond acceptors (Lipinski definition) is 12. The molecule has 0 saturated carbocycles. The third-order valence-corrected chi connectivity index (χ3v) is 6.01. The van der Waals surface area contributed by atoms with Gasteiger partial charge in [0.15, 0.2) is 12.5 Å². The van der Waals surface area contributed by atoms with Crippen molar-refractivity contribution in [1.82, 2.24) is 5.32 Å². The Morgan fingerprint density at radius 1 is 0.857 bits per heavy atom. The number of carbonyl (C=O) groups is 1. The molecule has 10 atom stereocenters. The van der Waals surface area contributed by atoms with E-state index in [9.17, 15) is 45.6 Å². The van der Waals surface area contributed by atoms with Gasteiger partial charge in [0.2, 0.25) is 5.91 Å². The predicted molar refractivity (Wildman–Crippen MR) is 121 cm³/mol. The van der Waals surface area contributed by atoms with Crippen molar-refractivity contribution in [2.75, 3.05) is 13.2 Å². The highest BCUT2D eigenvalue weighted by Crippen LogP contribution is 2.26. The fourth-order valence-electron chi connectivity index (χ4n) is 3.79. The molecule has 1 rings (SSSR count). The summed E-state index contributed by atoms with van der Waals surface area (Å²) in [6, 6.07) is 0. The average Bonchev–Trinajstić information content (AvgIpc) is 2.84. The maximum atomic E-state index is 12.2. The minimum atomic E-state index is -1.94. The molecule has 208 valence electrons. The van der Waals surface area contributed by atoms with Gasteiger partial charge in [0, 0.05) is 6.42 Å². The number of carbonyl (C=O) groups excluding carboxylic acids is 1. The first-order valence-corrected chi connectivity index (χ1v) is 12.2. The van der Waals surface area contributed by atoms with E-state index in [1.807, 2.05) is 0 Å². The summed E-state index contributed by atoms with van der Waals surface area (Å²) < 4.78 is 10.6. The summed E-state index contributed by atoms with van der Waals surface area (Å²) in [4.78, 5) is 12.2. The SMILES string of the molecule is CCCCCCCCCC(=O)NC(O)[C@H]1O[C@@H](O[C@@H]([C@H](O)[C@@H](O)CO)[C@H](O)CO)[C@H](O)[C@@H](O)[C@H]1O. The second kappa shape index (κ2) is 16.7. The van der Waals surface area contributed by atoms with E-state index in [2.05, 4.69) is 12.2 Å². The van der Waals surface area contributed by atoms with Crippen LogP contribution in [-0.2, 0) is 14.3 Å². The molecule has 0 aromatic heterocycles. The van der Waals surface area contributed by atoms with Crippen LogP contribution in [0.1, 0.15) is 58.3 Å². The van der Waals surface area contributed by atoms with Crippen LogP contribution < -0.4 is 5.32 Å². The fourth-order valence-corrected chi connectivity index (χ4v) is 3.79. The van der Waals surface area contributed by atoms with Crippen LogP contribution in [0.3, 0.4) is 0 Å². The number of ether oxygens (including phenoxy) is 2. The third-order valence-electron chi connectivity index (χ3n) is 6.01. The van der Waals surface area contributed by atoms with Crippen LogP contribution in [0, 0.1) is 0 Å². The molecule has 10 N–H and O–H groups in total. The summed E-state index contributed by atoms with van der Waals surface area (Å²) in [5.74, 6) is -0.519. The second-order valence-electron chi connectivity index (χ2n) is 8.92. The minimum Gasteiger partial charge on any atom is -0.394 e. The molecule has 0 aromatic rings. The van der Waals surface area contributed by atoms with Gasteiger partial charge in [-0.2, -0.15) is 0 Å². The lowest BCUT2D eigenvalue weighted by Crippen LogP contribution is -2.65. The van der Waals surface area contributed by atoms with Crippen molar-refractivity contribution in [2.45, 2.75) is 120 Å². The Morgan fingerprint density at radius 2 is 1.43 bits per heavy atom. The van der Waals surface area contributed by atoms with E-state index in [-0.39, 0.29) is 6.42 Å². The van der Waals surface area contributed by atoms with E-state index in [0.717, 1.165) is 32.1 Å². The molecular formula is C22H43NO12. The van der Waals surface area contributed by atoms with Gasteiger partial charge >= 0.3 is 0 Å². The lowest BCUT2D eigenvalue weighted by molar-refractivity contribution is -0.335. The predicted octanol–water partition coefficient (Wildman–Crippen LogP) is -3.18. The highest BCUT2D eigenvalue weighted by atomic mass is 16.7. The number of rotatable bonds is 17. The topological polar surface area (TPSA) is 230 Å². The second-order valence-corrected chi connectivity index (χ2v) is 8.92. The van der Waals surface area contributed by atoms with Crippen LogP contribution in [0.25, 0.3) is 0 Å². The summed E-state index contributed by atoms with van der Waals surface area (Å²) in [5, 5.41) is 91.2. The molecule has 35 heavy (non-hydrogen) atoms. The van der Waals surface area contributed by atoms with Gasteiger partial charge in [-0.1, -0.05) is 45.4 Å². The molecular weight excluding hydrogens is 470 g/mol. The highest BCUT2D eigenvalue weighted by molar-refractivity contribution is 5.76. The Kier molecular flexibility index (Phi) is 15.3. The number of amides is 1. The Balaban J connectivity index is 2.72. The molecule has 13 nitrogen and oxygen atoms in total. The number of aliphatic hydroxyl groups is 9. The largest absolute Gasteiger partial charge is 0.394 e. The van der Waals surface area contributed by atoms with Crippen molar-refractivity contribution in [1.29, 1.82) is 0 Å². The van der Waals surface area contributed by atoms with Gasteiger partial charge in [0.05, 0.1) is 13.2 Å². The number of nitrogens with one attached hydrogen (secondary N) is 1. The van der Waals surface area contributed by atoms with Crippen LogP contribution in [-0.4, -0.2) is 126 Å². The van der Waals surface area contributed by atoms with Gasteiger partial charge in [-0.3, -0.25) is 4.79 Å². The number of aliphatic hydroxyl groups excluding tert-OH is 9. The molecule has 0 aromatic carbocycles. The zero-order chi connectivity index (χ0) is 26.5. The Bertz CT molecular complexity index is 585. The van der Waals surface area contributed by atoms with E-state index in [4.69, 9.17) is 14.6 Å². The first-order chi connectivity index (χ1) is 16.6. The molecule has 1 heterocycles. The van der Waals surface area contributed by atoms with Gasteiger partial charge in [-0.25, -0.2) is 0 Å². The van der Waals surface area contributed by atoms with Crippen molar-refractivity contribution >= 4 is 5.91 Å². The van der Waals surface area contributed by atoms with E-state index in [0.29, 0.717) is 6.42 Å². The van der Waals surface area contributed by atoms with Crippen LogP contribution >= 0.6 is 0 Å². The van der Waals surface area contributed by atoms with E-state index < -0.39 is 80.5 Å². The average molecular weight is 514 g/mol. The molecule has 1 fully saturated rings. The number of unbranched alkanes of at least 4 members (excludes halogenated alkanes) is 6. The Labute approximate surface area is 204 Å². The third kappa shape index (κ3) is 10.1. The molecule has 1 unspecified atom stereocenters. The normalized spacial score (nSPS) is 29.3. The van der Waals surface area contributed by atoms with Crippen molar-refractivity contribution in [2.24, 2.45) is 0 Å². The first kappa shape index (κ1) is 32.1. The van der Waals surface area contributed by atoms with Crippen LogP contribution in [0.5, 0.6) is 0 Å². The molecule has 0 radical (unpaired) electrons. The van der Waals surface area contributed by atoms with Crippen LogP contribution in [0.15, 0.2) is 0 Å². The maximum Gasteiger partial charge on any atom is 0.222 e. The highest BCUT2D eigenvalue weighted by Gasteiger charge is 2.49. The molecule has 1 amide bonds. The van der Waals surface area contributed by atoms with Gasteiger partial charge in [-0.05, 0) is 6.42 Å². The molecule has 13 heteroatoms. The lowest BCUT2D eigenvalue weighted by atomic mass is 9.97. The summed E-state index contributed by atoms with van der Waals surface area (Å²) in [7, 11) is 0. The van der Waals surface area contributed by atoms with E-state index >= 15 is 0 Å². The maximum absolute atomic E-state index is 12.2. The van der Waals surface area contributed by atoms with Crippen molar-refractivity contribution < 1.29 is 60.2 Å². The lowest BCUT2D eigenvalue weighted by Gasteiger charge is -2.43. The molecule has 0 spiro atoms. The van der Waals surface area contributed by atoms with Gasteiger partial charge in [-0.15, -0.1) is 0 Å². The summed E-state index contributed by atoms with van der Waals surface area (Å²) in [5.41, 5.74) is 0. The van der Waals surface area contributed by atoms with E-state index in [1.165, 1.54) is 6.42 Å². The summed E-state index contributed by atoms with van der Waals surface area (Å²) in [6.45, 7) is 0.272. The van der Waals surface area contributed by atoms with Crippen molar-refractivity contribution in [3.8, 4) is 0 Å². The van der Waals surface area contributed by atoms with Crippen molar-refractivity contribution in [3.05, 3.63) is 0 Å². The quantitative estimate of drug-likeness (QED) is 0.0685. The molecule has 1 aliphatic heterocycles. The zero-order valence-corrected chi connectivity index (χ0v) is 20.1. The monoisotopic (exact) mass is 513 g/mol. The van der Waals surface area contributed by atoms with Gasteiger partial charge < -0.3 is 60.7 Å². The van der Waals surface area contributed by atoms with E-state index in [1.54, 1.807) is 0 Å². The number of hydrogen-bond donors (Lipinski definition) is 10. The van der Waals surface area contributed by atoms with Crippen molar-refractivity contribution in [3.63, 3.8) is 0 Å². The summed E-state index contributed by atoms with van der Waals surface area (Å²) in [6.07, 6.45) is -11.3. The minimum absolute atomic E-state index is 0.120. The van der Waals surface area contributed by atoms with Gasteiger partial charge in [0.25, 0.3) is 0 Å². The van der Waals surface area contributed by atoms with Gasteiger partial charge in [0.1, 0.15) is 48.8 Å². The summed E-state index contributed by atoms with van der Waals surface area (Å²) >= 11 is 0. The Hall–Kier alpha value is -0.970. The molecule has 0 bridgehead atoms.